The number of hydrogen-bond donors (Lipinski definition) is 1. The monoisotopic (exact) mass is 223 g/mol. The van der Waals surface area contributed by atoms with E-state index in [1.54, 1.807) is 0 Å². The van der Waals surface area contributed by atoms with Crippen molar-refractivity contribution in [2.75, 3.05) is 13.7 Å². The molecule has 0 spiro atoms. The Labute approximate surface area is 82.7 Å². The molecule has 0 heterocycles. The van der Waals surface area contributed by atoms with Crippen LogP contribution in [0.15, 0.2) is 0 Å². The van der Waals surface area contributed by atoms with E-state index in [9.17, 15) is 18.0 Å². The summed E-state index contributed by atoms with van der Waals surface area (Å²) in [5, 5.41) is -1.31. The summed E-state index contributed by atoms with van der Waals surface area (Å²) in [7, 11) is -2.72. The summed E-state index contributed by atoms with van der Waals surface area (Å²) in [6, 6.07) is 0. The van der Waals surface area contributed by atoms with Gasteiger partial charge in [0.05, 0.1) is 13.7 Å². The van der Waals surface area contributed by atoms with Crippen molar-refractivity contribution < 1.29 is 22.7 Å². The van der Waals surface area contributed by atoms with Crippen LogP contribution < -0.4 is 4.72 Å². The highest BCUT2D eigenvalue weighted by molar-refractivity contribution is 7.90. The molecule has 0 aromatic heterocycles. The highest BCUT2D eigenvalue weighted by Crippen LogP contribution is 1.99. The first-order valence-electron chi connectivity index (χ1n) is 3.87. The molecule has 6 nitrogen and oxygen atoms in total. The molecule has 7 heteroatoms. The molecule has 0 aromatic carbocycles. The normalized spacial score (nSPS) is 13.4. The number of hydrogen-bond acceptors (Lipinski definition) is 5. The van der Waals surface area contributed by atoms with Gasteiger partial charge in [0.2, 0.25) is 10.0 Å². The Balaban J connectivity index is 4.47. The van der Waals surface area contributed by atoms with Crippen molar-refractivity contribution in [2.24, 2.45) is 0 Å². The molecule has 0 amide bonds. The summed E-state index contributed by atoms with van der Waals surface area (Å²) < 4.78 is 28.8. The summed E-state index contributed by atoms with van der Waals surface area (Å²) in [6.07, 6.45) is 0. The van der Waals surface area contributed by atoms with Crippen LogP contribution in [0.2, 0.25) is 0 Å². The van der Waals surface area contributed by atoms with E-state index < -0.39 is 21.2 Å². The maximum absolute atomic E-state index is 11.3. The second-order valence-electron chi connectivity index (χ2n) is 2.73. The van der Waals surface area contributed by atoms with Crippen molar-refractivity contribution in [1.29, 1.82) is 0 Å². The summed E-state index contributed by atoms with van der Waals surface area (Å²) in [5.74, 6) is -1.19. The largest absolute Gasteiger partial charge is 0.468 e. The maximum atomic E-state index is 11.3. The average Bonchev–Trinajstić information content (AvgIpc) is 2.12. The second-order valence-corrected chi connectivity index (χ2v) is 4.82. The molecule has 0 radical (unpaired) electrons. The van der Waals surface area contributed by atoms with Crippen molar-refractivity contribution >= 4 is 21.8 Å². The highest BCUT2D eigenvalue weighted by Gasteiger charge is 2.28. The second kappa shape index (κ2) is 5.06. The van der Waals surface area contributed by atoms with Crippen LogP contribution in [-0.4, -0.2) is 39.1 Å². The van der Waals surface area contributed by atoms with Crippen LogP contribution in [-0.2, 0) is 24.3 Å². The Kier molecular flexibility index (Phi) is 4.72. The topological polar surface area (TPSA) is 89.5 Å². The molecular weight excluding hydrogens is 210 g/mol. The molecule has 14 heavy (non-hydrogen) atoms. The van der Waals surface area contributed by atoms with Crippen molar-refractivity contribution in [3.63, 3.8) is 0 Å². The minimum atomic E-state index is -3.81. The van der Waals surface area contributed by atoms with Crippen LogP contribution in [0.1, 0.15) is 13.8 Å². The van der Waals surface area contributed by atoms with E-state index in [1.165, 1.54) is 13.8 Å². The van der Waals surface area contributed by atoms with Crippen LogP contribution in [0.5, 0.6) is 0 Å². The van der Waals surface area contributed by atoms with Gasteiger partial charge in [0.1, 0.15) is 5.78 Å². The number of carbonyl (C=O) groups is 2. The number of carbonyl (C=O) groups excluding carboxylic acids is 2. The third-order valence-electron chi connectivity index (χ3n) is 1.52. The molecule has 0 aliphatic carbocycles. The first-order valence-corrected chi connectivity index (χ1v) is 5.41. The smallest absolute Gasteiger partial charge is 0.325 e. The Morgan fingerprint density at radius 3 is 2.29 bits per heavy atom. The third kappa shape index (κ3) is 3.84. The molecule has 0 aromatic rings. The van der Waals surface area contributed by atoms with Crippen LogP contribution in [0.4, 0.5) is 0 Å². The molecule has 0 aliphatic heterocycles. The van der Waals surface area contributed by atoms with Gasteiger partial charge in [-0.05, 0) is 13.8 Å². The van der Waals surface area contributed by atoms with Gasteiger partial charge in [0, 0.05) is 0 Å². The zero-order valence-corrected chi connectivity index (χ0v) is 9.05. The zero-order chi connectivity index (χ0) is 11.4. The summed E-state index contributed by atoms with van der Waals surface area (Å²) in [4.78, 5) is 21.4. The molecule has 1 unspecified atom stereocenters. The molecule has 0 fully saturated rings. The molecule has 0 bridgehead atoms. The zero-order valence-electron chi connectivity index (χ0n) is 8.23. The van der Waals surface area contributed by atoms with Crippen molar-refractivity contribution in [3.05, 3.63) is 0 Å². The van der Waals surface area contributed by atoms with Gasteiger partial charge >= 0.3 is 5.97 Å². The SMILES string of the molecule is COC(=O)C(C)S(=O)(=O)NCC(C)=O. The van der Waals surface area contributed by atoms with Crippen molar-refractivity contribution in [3.8, 4) is 0 Å². The Morgan fingerprint density at radius 1 is 1.43 bits per heavy atom. The average molecular weight is 223 g/mol. The van der Waals surface area contributed by atoms with E-state index in [4.69, 9.17) is 0 Å². The molecule has 0 saturated heterocycles. The van der Waals surface area contributed by atoms with Gasteiger partial charge < -0.3 is 4.74 Å². The number of ether oxygens (including phenoxy) is 1. The Morgan fingerprint density at radius 2 is 1.93 bits per heavy atom. The van der Waals surface area contributed by atoms with E-state index in [1.807, 2.05) is 4.72 Å². The van der Waals surface area contributed by atoms with Gasteiger partial charge in [0.25, 0.3) is 0 Å². The van der Waals surface area contributed by atoms with Gasteiger partial charge in [-0.3, -0.25) is 9.59 Å². The lowest BCUT2D eigenvalue weighted by atomic mass is 10.5. The summed E-state index contributed by atoms with van der Waals surface area (Å²) in [5.41, 5.74) is 0. The predicted octanol–water partition coefficient (Wildman–Crippen LogP) is -0.944. The van der Waals surface area contributed by atoms with Crippen molar-refractivity contribution in [1.82, 2.24) is 4.72 Å². The fourth-order valence-electron chi connectivity index (χ4n) is 0.620. The molecule has 1 N–H and O–H groups in total. The summed E-state index contributed by atoms with van der Waals surface area (Å²) in [6.45, 7) is 2.11. The Bertz CT molecular complexity index is 321. The lowest BCUT2D eigenvalue weighted by Crippen LogP contribution is -2.40. The fourth-order valence-corrected chi connectivity index (χ4v) is 1.62. The van der Waals surface area contributed by atoms with Crippen LogP contribution >= 0.6 is 0 Å². The number of methoxy groups -OCH3 is 1. The summed E-state index contributed by atoms with van der Waals surface area (Å²) >= 11 is 0. The number of Topliss-reactive ketones (excluding diaryl/α,β-unsaturated/α-hetero) is 1. The van der Waals surface area contributed by atoms with Crippen LogP contribution in [0.3, 0.4) is 0 Å². The van der Waals surface area contributed by atoms with Gasteiger partial charge in [-0.2, -0.15) is 0 Å². The maximum Gasteiger partial charge on any atom is 0.325 e. The molecule has 0 aliphatic rings. The number of rotatable bonds is 5. The van der Waals surface area contributed by atoms with E-state index in [2.05, 4.69) is 4.74 Å². The van der Waals surface area contributed by atoms with Crippen molar-refractivity contribution in [2.45, 2.75) is 19.1 Å². The fraction of sp³-hybridized carbons (Fsp3) is 0.714. The standard InChI is InChI=1S/C7H13NO5S/c1-5(9)4-8-14(11,12)6(2)7(10)13-3/h6,8H,4H2,1-3H3. The van der Waals surface area contributed by atoms with Gasteiger partial charge in [0.15, 0.2) is 5.25 Å². The molecule has 0 saturated carbocycles. The minimum absolute atomic E-state index is 0.316. The molecular formula is C7H13NO5S. The first kappa shape index (κ1) is 13.1. The third-order valence-corrected chi connectivity index (χ3v) is 3.19. The van der Waals surface area contributed by atoms with Crippen LogP contribution in [0.25, 0.3) is 0 Å². The number of ketones is 1. The molecule has 82 valence electrons. The Hall–Kier alpha value is -0.950. The van der Waals surface area contributed by atoms with E-state index in [-0.39, 0.29) is 12.3 Å². The highest BCUT2D eigenvalue weighted by atomic mass is 32.2. The van der Waals surface area contributed by atoms with Crippen LogP contribution in [0, 0.1) is 0 Å². The predicted molar refractivity (Wildman–Crippen MR) is 49.1 cm³/mol. The lowest BCUT2D eigenvalue weighted by molar-refractivity contribution is -0.139. The number of esters is 1. The van der Waals surface area contributed by atoms with E-state index in [0.717, 1.165) is 7.11 Å². The first-order chi connectivity index (χ1) is 6.31. The van der Waals surface area contributed by atoms with Gasteiger partial charge in [-0.25, -0.2) is 13.1 Å². The quantitative estimate of drug-likeness (QED) is 0.607. The molecule has 1 atom stereocenters. The van der Waals surface area contributed by atoms with Gasteiger partial charge in [-0.15, -0.1) is 0 Å². The molecule has 0 rings (SSSR count). The number of nitrogens with one attached hydrogen (secondary N) is 1. The van der Waals surface area contributed by atoms with E-state index >= 15 is 0 Å². The van der Waals surface area contributed by atoms with E-state index in [0.29, 0.717) is 0 Å². The number of sulfonamides is 1. The minimum Gasteiger partial charge on any atom is -0.468 e. The van der Waals surface area contributed by atoms with Gasteiger partial charge in [-0.1, -0.05) is 0 Å². The lowest BCUT2D eigenvalue weighted by Gasteiger charge is -2.10.